The molecule has 0 radical (unpaired) electrons. The summed E-state index contributed by atoms with van der Waals surface area (Å²) < 4.78 is 27.9. The van der Waals surface area contributed by atoms with Crippen molar-refractivity contribution in [2.24, 2.45) is 0 Å². The Hall–Kier alpha value is -3.57. The van der Waals surface area contributed by atoms with Gasteiger partial charge >= 0.3 is 0 Å². The monoisotopic (exact) mass is 435 g/mol. The molecule has 1 fully saturated rings. The highest BCUT2D eigenvalue weighted by molar-refractivity contribution is 5.83. The van der Waals surface area contributed by atoms with Crippen LogP contribution in [0.25, 0.3) is 0 Å². The van der Waals surface area contributed by atoms with Crippen LogP contribution in [0.2, 0.25) is 0 Å². The largest absolute Gasteiger partial charge is 0.337 e. The van der Waals surface area contributed by atoms with Gasteiger partial charge < -0.3 is 14.8 Å². The molecule has 0 spiro atoms. The van der Waals surface area contributed by atoms with Gasteiger partial charge in [0.2, 0.25) is 5.91 Å². The van der Waals surface area contributed by atoms with Crippen LogP contribution >= 0.6 is 0 Å². The Kier molecular flexibility index (Phi) is 6.57. The first-order valence-electron chi connectivity index (χ1n) is 10.4. The highest BCUT2D eigenvalue weighted by Crippen LogP contribution is 2.22. The fourth-order valence-electron chi connectivity index (χ4n) is 3.88. The van der Waals surface area contributed by atoms with Gasteiger partial charge in [-0.25, -0.2) is 13.8 Å². The third kappa shape index (κ3) is 5.01. The molecule has 2 heterocycles. The first-order chi connectivity index (χ1) is 15.5. The zero-order chi connectivity index (χ0) is 22.5. The summed E-state index contributed by atoms with van der Waals surface area (Å²) in [6.07, 6.45) is 1.65. The molecule has 1 N–H and O–H groups in total. The molecule has 0 aliphatic carbocycles. The minimum absolute atomic E-state index is 0.0226. The molecule has 164 valence electrons. The fourth-order valence-corrected chi connectivity index (χ4v) is 3.88. The van der Waals surface area contributed by atoms with Gasteiger partial charge in [-0.1, -0.05) is 30.3 Å². The van der Waals surface area contributed by atoms with Gasteiger partial charge in [0.05, 0.1) is 29.7 Å². The number of hydrogen-bond acceptors (Lipinski definition) is 4. The zero-order valence-electron chi connectivity index (χ0n) is 17.4. The quantitative estimate of drug-likeness (QED) is 0.586. The molecule has 2 aromatic carbocycles. The lowest BCUT2D eigenvalue weighted by Gasteiger charge is -2.18. The number of imidazole rings is 1. The maximum absolute atomic E-state index is 12.9. The Morgan fingerprint density at radius 3 is 2.72 bits per heavy atom. The Bertz CT molecular complexity index is 1120. The predicted octanol–water partition coefficient (Wildman–Crippen LogP) is 3.63. The summed E-state index contributed by atoms with van der Waals surface area (Å²) in [5.41, 5.74) is 3.30. The molecule has 32 heavy (non-hydrogen) atoms. The van der Waals surface area contributed by atoms with E-state index in [0.717, 1.165) is 11.3 Å². The van der Waals surface area contributed by atoms with Crippen molar-refractivity contribution in [1.29, 1.82) is 5.26 Å². The summed E-state index contributed by atoms with van der Waals surface area (Å²) in [4.78, 5) is 18.7. The molecule has 6 nitrogen and oxygen atoms in total. The standard InChI is InChI=1S/C24H23F2N5O/c25-23(26)20-3-1-2-19(10-20)15-30-9-8-22(24(30)32)29-13-21-12-28-16-31(21)14-18-6-4-17(11-27)5-7-18/h1-7,10,12,16,22-23,29H,8-9,13-15H2/t22-/m1/s1. The zero-order valence-corrected chi connectivity index (χ0v) is 17.4. The highest BCUT2D eigenvalue weighted by atomic mass is 19.3. The van der Waals surface area contributed by atoms with Crippen LogP contribution in [0.4, 0.5) is 8.78 Å². The van der Waals surface area contributed by atoms with Crippen LogP contribution in [0.3, 0.4) is 0 Å². The number of amides is 1. The van der Waals surface area contributed by atoms with Crippen molar-refractivity contribution >= 4 is 5.91 Å². The first kappa shape index (κ1) is 21.7. The molecule has 0 bridgehead atoms. The van der Waals surface area contributed by atoms with Gasteiger partial charge in [-0.15, -0.1) is 0 Å². The lowest BCUT2D eigenvalue weighted by Crippen LogP contribution is -2.38. The minimum Gasteiger partial charge on any atom is -0.337 e. The number of benzene rings is 2. The number of carbonyl (C=O) groups is 1. The van der Waals surface area contributed by atoms with Crippen LogP contribution in [0.1, 0.15) is 40.8 Å². The summed E-state index contributed by atoms with van der Waals surface area (Å²) in [5, 5.41) is 12.2. The Morgan fingerprint density at radius 2 is 1.97 bits per heavy atom. The second-order valence-electron chi connectivity index (χ2n) is 7.85. The molecule has 1 aliphatic heterocycles. The molecular formula is C24H23F2N5O. The van der Waals surface area contributed by atoms with Crippen LogP contribution < -0.4 is 5.32 Å². The normalized spacial score (nSPS) is 16.0. The van der Waals surface area contributed by atoms with E-state index < -0.39 is 6.43 Å². The van der Waals surface area contributed by atoms with Crippen molar-refractivity contribution in [3.05, 3.63) is 89.0 Å². The van der Waals surface area contributed by atoms with E-state index in [1.807, 2.05) is 16.7 Å². The maximum Gasteiger partial charge on any atom is 0.263 e. The van der Waals surface area contributed by atoms with Gasteiger partial charge in [-0.2, -0.15) is 5.26 Å². The van der Waals surface area contributed by atoms with Crippen LogP contribution in [-0.2, 0) is 24.4 Å². The maximum atomic E-state index is 12.9. The van der Waals surface area contributed by atoms with Gasteiger partial charge in [-0.05, 0) is 35.7 Å². The van der Waals surface area contributed by atoms with Crippen molar-refractivity contribution in [2.75, 3.05) is 6.54 Å². The molecule has 1 saturated heterocycles. The molecule has 3 aromatic rings. The number of hydrogen-bond donors (Lipinski definition) is 1. The summed E-state index contributed by atoms with van der Waals surface area (Å²) in [6.45, 7) is 2.02. The number of halogens is 2. The summed E-state index contributed by atoms with van der Waals surface area (Å²) in [6, 6.07) is 15.4. The van der Waals surface area contributed by atoms with Gasteiger partial charge in [0.25, 0.3) is 6.43 Å². The number of carbonyl (C=O) groups excluding carboxylic acids is 1. The topological polar surface area (TPSA) is 74.0 Å². The van der Waals surface area contributed by atoms with E-state index in [1.54, 1.807) is 41.7 Å². The van der Waals surface area contributed by atoms with Crippen LogP contribution in [0.5, 0.6) is 0 Å². The minimum atomic E-state index is -2.52. The molecule has 1 amide bonds. The molecule has 1 atom stereocenters. The van der Waals surface area contributed by atoms with E-state index in [2.05, 4.69) is 16.4 Å². The van der Waals surface area contributed by atoms with E-state index in [4.69, 9.17) is 5.26 Å². The van der Waals surface area contributed by atoms with Gasteiger partial charge in [0.15, 0.2) is 0 Å². The van der Waals surface area contributed by atoms with Gasteiger partial charge in [0.1, 0.15) is 0 Å². The van der Waals surface area contributed by atoms with Crippen LogP contribution in [0.15, 0.2) is 61.1 Å². The van der Waals surface area contributed by atoms with E-state index in [9.17, 15) is 13.6 Å². The van der Waals surface area contributed by atoms with Crippen molar-refractivity contribution in [2.45, 2.75) is 38.5 Å². The van der Waals surface area contributed by atoms with Crippen molar-refractivity contribution in [3.63, 3.8) is 0 Å². The molecular weight excluding hydrogens is 412 g/mol. The summed E-state index contributed by atoms with van der Waals surface area (Å²) >= 11 is 0. The lowest BCUT2D eigenvalue weighted by molar-refractivity contribution is -0.129. The molecule has 8 heteroatoms. The SMILES string of the molecule is N#Cc1ccc(Cn2cncc2CN[C@@H]2CCN(Cc3cccc(C(F)F)c3)C2=O)cc1. The Morgan fingerprint density at radius 1 is 1.16 bits per heavy atom. The molecule has 1 aromatic heterocycles. The smallest absolute Gasteiger partial charge is 0.263 e. The van der Waals surface area contributed by atoms with E-state index in [0.29, 0.717) is 43.7 Å². The second-order valence-corrected chi connectivity index (χ2v) is 7.85. The molecule has 4 rings (SSSR count). The average molecular weight is 435 g/mol. The van der Waals surface area contributed by atoms with Crippen molar-refractivity contribution in [3.8, 4) is 6.07 Å². The number of alkyl halides is 2. The van der Waals surface area contributed by atoms with Gasteiger partial charge in [0, 0.05) is 37.9 Å². The summed E-state index contributed by atoms with van der Waals surface area (Å²) in [5.74, 6) is -0.0226. The van der Waals surface area contributed by atoms with Crippen molar-refractivity contribution < 1.29 is 13.6 Å². The van der Waals surface area contributed by atoms with E-state index in [1.165, 1.54) is 12.1 Å². The third-order valence-electron chi connectivity index (χ3n) is 5.64. The van der Waals surface area contributed by atoms with Crippen molar-refractivity contribution in [1.82, 2.24) is 19.8 Å². The molecule has 0 saturated carbocycles. The molecule has 0 unspecified atom stereocenters. The number of rotatable bonds is 8. The summed E-state index contributed by atoms with van der Waals surface area (Å²) in [7, 11) is 0. The number of nitrogens with zero attached hydrogens (tertiary/aromatic N) is 4. The fraction of sp³-hybridized carbons (Fsp3) is 0.292. The predicted molar refractivity (Wildman–Crippen MR) is 115 cm³/mol. The Balaban J connectivity index is 1.33. The van der Waals surface area contributed by atoms with Gasteiger partial charge in [-0.3, -0.25) is 4.79 Å². The van der Waals surface area contributed by atoms with Crippen LogP contribution in [0, 0.1) is 11.3 Å². The number of likely N-dealkylation sites (tertiary alicyclic amines) is 1. The number of nitriles is 1. The van der Waals surface area contributed by atoms with E-state index in [-0.39, 0.29) is 17.5 Å². The average Bonchev–Trinajstić information content (AvgIpc) is 3.39. The number of nitrogens with one attached hydrogen (secondary N) is 1. The number of aromatic nitrogens is 2. The lowest BCUT2D eigenvalue weighted by atomic mass is 10.1. The highest BCUT2D eigenvalue weighted by Gasteiger charge is 2.31. The van der Waals surface area contributed by atoms with Crippen LogP contribution in [-0.4, -0.2) is 32.9 Å². The van der Waals surface area contributed by atoms with E-state index >= 15 is 0 Å². The first-order valence-corrected chi connectivity index (χ1v) is 10.4. The third-order valence-corrected chi connectivity index (χ3v) is 5.64. The molecule has 1 aliphatic rings. The second kappa shape index (κ2) is 9.71. The Labute approximate surface area is 185 Å².